The van der Waals surface area contributed by atoms with Crippen molar-refractivity contribution in [1.29, 1.82) is 0 Å². The highest BCUT2D eigenvalue weighted by atomic mass is 16.3. The molecule has 2 N–H and O–H groups in total. The molecule has 6 heteroatoms. The zero-order valence-electron chi connectivity index (χ0n) is 19.2. The summed E-state index contributed by atoms with van der Waals surface area (Å²) in [6.07, 6.45) is 9.44. The number of piperidine rings is 3. The van der Waals surface area contributed by atoms with E-state index in [1.807, 2.05) is 35.4 Å². The minimum atomic E-state index is 0.117. The Morgan fingerprint density at radius 3 is 2.56 bits per heavy atom. The summed E-state index contributed by atoms with van der Waals surface area (Å²) in [5, 5.41) is 11.1. The number of H-pyrrole nitrogens is 1. The van der Waals surface area contributed by atoms with E-state index < -0.39 is 0 Å². The number of hydrogen-bond acceptors (Lipinski definition) is 4. The van der Waals surface area contributed by atoms with E-state index >= 15 is 0 Å². The molecule has 0 saturated carbocycles. The van der Waals surface area contributed by atoms with Crippen LogP contribution >= 0.6 is 0 Å². The van der Waals surface area contributed by atoms with E-state index in [-0.39, 0.29) is 12.5 Å². The van der Waals surface area contributed by atoms with Crippen molar-refractivity contribution < 1.29 is 9.90 Å². The first kappa shape index (κ1) is 21.9. The average Bonchev–Trinajstić information content (AvgIpc) is 3.32. The van der Waals surface area contributed by atoms with Gasteiger partial charge in [-0.1, -0.05) is 12.5 Å². The lowest BCUT2D eigenvalue weighted by Gasteiger charge is -2.44. The molecule has 2 aromatic rings. The maximum absolute atomic E-state index is 13.2. The number of likely N-dealkylation sites (tertiary alicyclic amines) is 3. The molecule has 5 rings (SSSR count). The van der Waals surface area contributed by atoms with Gasteiger partial charge in [0.05, 0.1) is 0 Å². The number of carbonyl (C=O) groups excluding carboxylic acids is 1. The number of hydrogen-bond donors (Lipinski definition) is 2. The Morgan fingerprint density at radius 2 is 1.78 bits per heavy atom. The number of amides is 1. The lowest BCUT2D eigenvalue weighted by molar-refractivity contribution is 0.0298. The van der Waals surface area contributed by atoms with Gasteiger partial charge in [-0.2, -0.15) is 0 Å². The van der Waals surface area contributed by atoms with Crippen LogP contribution in [0.4, 0.5) is 0 Å². The Morgan fingerprint density at radius 1 is 0.969 bits per heavy atom. The maximum atomic E-state index is 13.2. The van der Waals surface area contributed by atoms with E-state index in [1.54, 1.807) is 0 Å². The Hall–Kier alpha value is -1.89. The van der Waals surface area contributed by atoms with Gasteiger partial charge in [0.15, 0.2) is 0 Å². The number of nitrogens with zero attached hydrogens (tertiary/aromatic N) is 3. The zero-order valence-corrected chi connectivity index (χ0v) is 19.2. The average molecular weight is 439 g/mol. The van der Waals surface area contributed by atoms with Crippen molar-refractivity contribution in [3.05, 3.63) is 36.0 Å². The van der Waals surface area contributed by atoms with Crippen LogP contribution in [0.15, 0.2) is 30.5 Å². The number of benzene rings is 1. The molecule has 3 fully saturated rings. The van der Waals surface area contributed by atoms with Gasteiger partial charge in [-0.15, -0.1) is 0 Å². The van der Waals surface area contributed by atoms with Crippen molar-refractivity contribution in [3.8, 4) is 0 Å². The molecule has 0 radical (unpaired) electrons. The predicted molar refractivity (Wildman–Crippen MR) is 128 cm³/mol. The van der Waals surface area contributed by atoms with E-state index in [9.17, 15) is 9.90 Å². The summed E-state index contributed by atoms with van der Waals surface area (Å²) < 4.78 is 0. The van der Waals surface area contributed by atoms with Crippen LogP contribution in [0.2, 0.25) is 0 Å². The largest absolute Gasteiger partial charge is 0.396 e. The Kier molecular flexibility index (Phi) is 6.81. The van der Waals surface area contributed by atoms with Gasteiger partial charge in [-0.3, -0.25) is 4.79 Å². The second-order valence-corrected chi connectivity index (χ2v) is 10.2. The fourth-order valence-corrected chi connectivity index (χ4v) is 6.16. The molecule has 0 aliphatic carbocycles. The van der Waals surface area contributed by atoms with Crippen LogP contribution < -0.4 is 0 Å². The second-order valence-electron chi connectivity index (χ2n) is 10.2. The van der Waals surface area contributed by atoms with Gasteiger partial charge in [0.25, 0.3) is 5.91 Å². The first-order valence-electron chi connectivity index (χ1n) is 12.6. The van der Waals surface area contributed by atoms with Crippen molar-refractivity contribution >= 4 is 16.8 Å². The van der Waals surface area contributed by atoms with Gasteiger partial charge in [0, 0.05) is 49.6 Å². The third-order valence-corrected chi connectivity index (χ3v) is 8.17. The van der Waals surface area contributed by atoms with E-state index in [4.69, 9.17) is 0 Å². The van der Waals surface area contributed by atoms with Gasteiger partial charge in [0.2, 0.25) is 0 Å². The molecule has 3 aliphatic rings. The van der Waals surface area contributed by atoms with Gasteiger partial charge in [-0.25, -0.2) is 0 Å². The number of aromatic nitrogens is 1. The normalized spacial score (nSPS) is 26.6. The fraction of sp³-hybridized carbons (Fsp3) is 0.654. The van der Waals surface area contributed by atoms with Crippen LogP contribution in [0.25, 0.3) is 10.9 Å². The Bertz CT molecular complexity index is 898. The molecule has 3 aliphatic heterocycles. The molecule has 1 aromatic carbocycles. The molecular formula is C26H38N4O2. The summed E-state index contributed by atoms with van der Waals surface area (Å²) in [6.45, 7) is 7.57. The number of aromatic amines is 1. The highest BCUT2D eigenvalue weighted by molar-refractivity contribution is 5.98. The monoisotopic (exact) mass is 438 g/mol. The second kappa shape index (κ2) is 9.94. The lowest BCUT2D eigenvalue weighted by Crippen LogP contribution is -2.51. The van der Waals surface area contributed by atoms with E-state index in [2.05, 4.69) is 14.8 Å². The topological polar surface area (TPSA) is 62.8 Å². The van der Waals surface area contributed by atoms with Gasteiger partial charge >= 0.3 is 0 Å². The summed E-state index contributed by atoms with van der Waals surface area (Å²) in [4.78, 5) is 23.8. The highest BCUT2D eigenvalue weighted by Gasteiger charge is 2.34. The van der Waals surface area contributed by atoms with Crippen molar-refractivity contribution in [2.75, 3.05) is 52.4 Å². The van der Waals surface area contributed by atoms with Gasteiger partial charge in [-0.05, 0) is 93.7 Å². The number of carbonyl (C=O) groups is 1. The summed E-state index contributed by atoms with van der Waals surface area (Å²) in [6, 6.07) is 8.71. The molecule has 1 aromatic heterocycles. The molecule has 2 atom stereocenters. The van der Waals surface area contributed by atoms with Gasteiger partial charge in [0.1, 0.15) is 0 Å². The molecule has 0 bridgehead atoms. The molecule has 0 spiro atoms. The minimum absolute atomic E-state index is 0.117. The summed E-state index contributed by atoms with van der Waals surface area (Å²) in [5.74, 6) is 0.759. The Balaban J connectivity index is 1.19. The third kappa shape index (κ3) is 4.73. The molecule has 32 heavy (non-hydrogen) atoms. The van der Waals surface area contributed by atoms with Crippen molar-refractivity contribution in [3.63, 3.8) is 0 Å². The van der Waals surface area contributed by atoms with Crippen LogP contribution in [0.3, 0.4) is 0 Å². The molecule has 4 heterocycles. The Labute approximate surface area is 191 Å². The van der Waals surface area contributed by atoms with E-state index in [0.29, 0.717) is 11.8 Å². The molecule has 1 amide bonds. The third-order valence-electron chi connectivity index (χ3n) is 8.17. The molecule has 6 nitrogen and oxygen atoms in total. The fourth-order valence-electron chi connectivity index (χ4n) is 6.16. The first-order chi connectivity index (χ1) is 15.7. The number of aliphatic hydroxyl groups excluding tert-OH is 1. The van der Waals surface area contributed by atoms with Crippen molar-refractivity contribution in [2.24, 2.45) is 11.8 Å². The first-order valence-corrected chi connectivity index (χ1v) is 12.6. The number of nitrogens with one attached hydrogen (secondary N) is 1. The number of rotatable bonds is 5. The summed E-state index contributed by atoms with van der Waals surface area (Å²) >= 11 is 0. The van der Waals surface area contributed by atoms with E-state index in [1.165, 1.54) is 45.2 Å². The maximum Gasteiger partial charge on any atom is 0.253 e. The standard InChI is InChI=1S/C26H38N4O2/c31-19-22-7-15-30(26(32)21-5-4-20-6-10-27-25(20)16-21)18-23(22)17-28-13-8-24(9-14-28)29-11-2-1-3-12-29/h4-6,10,16,22-24,27,31H,1-3,7-9,11-15,17-19H2. The predicted octanol–water partition coefficient (Wildman–Crippen LogP) is 3.19. The minimum Gasteiger partial charge on any atom is -0.396 e. The number of fused-ring (bicyclic) bond motifs is 1. The van der Waals surface area contributed by atoms with Gasteiger partial charge < -0.3 is 24.8 Å². The summed E-state index contributed by atoms with van der Waals surface area (Å²) in [7, 11) is 0. The van der Waals surface area contributed by atoms with Crippen LogP contribution in [-0.2, 0) is 0 Å². The molecule has 3 saturated heterocycles. The van der Waals surface area contributed by atoms with Crippen molar-refractivity contribution in [1.82, 2.24) is 19.7 Å². The zero-order chi connectivity index (χ0) is 21.9. The van der Waals surface area contributed by atoms with Crippen LogP contribution in [0, 0.1) is 11.8 Å². The highest BCUT2D eigenvalue weighted by Crippen LogP contribution is 2.28. The SMILES string of the molecule is O=C(c1ccc2cc[nH]c2c1)N1CCC(CO)C(CN2CCC(N3CCCCC3)CC2)C1. The van der Waals surface area contributed by atoms with Crippen molar-refractivity contribution in [2.45, 2.75) is 44.6 Å². The van der Waals surface area contributed by atoms with E-state index in [0.717, 1.165) is 61.7 Å². The molecule has 174 valence electrons. The quantitative estimate of drug-likeness (QED) is 0.753. The van der Waals surface area contributed by atoms with Crippen LogP contribution in [-0.4, -0.2) is 89.2 Å². The molecule has 2 unspecified atom stereocenters. The number of aliphatic hydroxyl groups is 1. The molecular weight excluding hydrogens is 400 g/mol. The smallest absolute Gasteiger partial charge is 0.253 e. The van der Waals surface area contributed by atoms with Crippen LogP contribution in [0.1, 0.15) is 48.9 Å². The van der Waals surface area contributed by atoms with Crippen LogP contribution in [0.5, 0.6) is 0 Å². The summed E-state index contributed by atoms with van der Waals surface area (Å²) in [5.41, 5.74) is 1.76. The lowest BCUT2D eigenvalue weighted by atomic mass is 9.84.